The van der Waals surface area contributed by atoms with E-state index in [1.165, 1.54) is 231 Å². The normalized spacial score (nSPS) is 11.6. The predicted molar refractivity (Wildman–Crippen MR) is 280 cm³/mol. The third-order valence-corrected chi connectivity index (χ3v) is 13.7. The lowest BCUT2D eigenvalue weighted by Crippen LogP contribution is -2.37. The van der Waals surface area contributed by atoms with Crippen LogP contribution in [-0.4, -0.2) is 37.7 Å². The maximum absolute atomic E-state index is 12.8. The summed E-state index contributed by atoms with van der Waals surface area (Å²) in [5, 5.41) is 0. The number of hydrogen-bond donors (Lipinski definition) is 0. The van der Waals surface area contributed by atoms with Gasteiger partial charge in [-0.1, -0.05) is 290 Å². The molecule has 0 bridgehead atoms. The summed E-state index contributed by atoms with van der Waals surface area (Å²) in [5.41, 5.74) is -0.778. The molecule has 386 valence electrons. The summed E-state index contributed by atoms with van der Waals surface area (Å²) in [6, 6.07) is 0. The molecule has 0 aliphatic rings. The topological polar surface area (TPSA) is 78.9 Å². The highest BCUT2D eigenvalue weighted by atomic mass is 16.6. The Bertz CT molecular complexity index is 874. The third kappa shape index (κ3) is 50.1. The molecule has 0 fully saturated rings. The number of ether oxygens (including phenoxy) is 3. The van der Waals surface area contributed by atoms with Crippen molar-refractivity contribution in [1.29, 1.82) is 0 Å². The molecule has 0 spiro atoms. The summed E-state index contributed by atoms with van der Waals surface area (Å²) in [7, 11) is 0. The van der Waals surface area contributed by atoms with E-state index in [9.17, 15) is 14.4 Å². The number of rotatable bonds is 54. The van der Waals surface area contributed by atoms with E-state index in [1.54, 1.807) is 0 Å². The van der Waals surface area contributed by atoms with Gasteiger partial charge in [-0.2, -0.15) is 0 Å². The molecule has 0 radical (unpaired) electrons. The number of carbonyl (C=O) groups is 3. The van der Waals surface area contributed by atoms with Gasteiger partial charge in [-0.15, -0.1) is 0 Å². The average Bonchev–Trinajstić information content (AvgIpc) is 3.30. The Balaban J connectivity index is 4.41. The van der Waals surface area contributed by atoms with Crippen LogP contribution in [0, 0.1) is 5.41 Å². The number of carbonyl (C=O) groups excluding carboxylic acids is 3. The number of esters is 3. The Morgan fingerprint density at radius 1 is 0.246 bits per heavy atom. The van der Waals surface area contributed by atoms with Crippen LogP contribution in [0.3, 0.4) is 0 Å². The maximum atomic E-state index is 12.8. The van der Waals surface area contributed by atoms with E-state index in [2.05, 4.69) is 20.8 Å². The summed E-state index contributed by atoms with van der Waals surface area (Å²) in [6.45, 7) is 8.95. The molecule has 0 saturated heterocycles. The highest BCUT2D eigenvalue weighted by Gasteiger charge is 2.31. The standard InChI is InChI=1S/C59H114O6/c1-5-8-11-14-17-20-23-26-29-32-35-38-41-44-47-50-56(60)63-53-59(4,54-64-57(61)51-48-45-42-39-36-33-30-27-24-21-18-15-12-9-6-2)55-65-58(62)52-49-46-43-40-37-34-31-28-25-22-19-16-13-10-7-3/h5-55H2,1-4H3. The summed E-state index contributed by atoms with van der Waals surface area (Å²) in [5.74, 6) is -0.669. The first-order valence-corrected chi connectivity index (χ1v) is 29.3. The molecule has 0 aliphatic heterocycles. The molecule has 0 atom stereocenters. The molecule has 6 heteroatoms. The maximum Gasteiger partial charge on any atom is 0.305 e. The van der Waals surface area contributed by atoms with Crippen LogP contribution in [0.2, 0.25) is 0 Å². The van der Waals surface area contributed by atoms with Crippen LogP contribution in [0.4, 0.5) is 0 Å². The van der Waals surface area contributed by atoms with Gasteiger partial charge >= 0.3 is 17.9 Å². The van der Waals surface area contributed by atoms with E-state index in [4.69, 9.17) is 14.2 Å². The van der Waals surface area contributed by atoms with Gasteiger partial charge in [0, 0.05) is 19.3 Å². The second-order valence-electron chi connectivity index (χ2n) is 20.9. The van der Waals surface area contributed by atoms with E-state index >= 15 is 0 Å². The average molecular weight is 920 g/mol. The first kappa shape index (κ1) is 63.4. The van der Waals surface area contributed by atoms with E-state index in [1.807, 2.05) is 6.92 Å². The third-order valence-electron chi connectivity index (χ3n) is 13.7. The second kappa shape index (κ2) is 51.8. The zero-order valence-corrected chi connectivity index (χ0v) is 44.5. The van der Waals surface area contributed by atoms with Crippen molar-refractivity contribution >= 4 is 17.9 Å². The largest absolute Gasteiger partial charge is 0.465 e. The molecule has 0 rings (SSSR count). The monoisotopic (exact) mass is 919 g/mol. The Morgan fingerprint density at radius 3 is 0.538 bits per heavy atom. The smallest absolute Gasteiger partial charge is 0.305 e. The molecular weight excluding hydrogens is 805 g/mol. The SMILES string of the molecule is CCCCCCCCCCCCCCCCCC(=O)OCC(C)(COC(=O)CCCCCCCCCCCCCCCCC)COC(=O)CCCCCCCCCCCCCCCCC. The quantitative estimate of drug-likeness (QED) is 0.0344. The lowest BCUT2D eigenvalue weighted by atomic mass is 9.94. The van der Waals surface area contributed by atoms with Crippen LogP contribution in [0.5, 0.6) is 0 Å². The van der Waals surface area contributed by atoms with Crippen LogP contribution < -0.4 is 0 Å². The molecule has 0 aliphatic carbocycles. The molecule has 0 aromatic rings. The minimum atomic E-state index is -0.778. The summed E-state index contributed by atoms with van der Waals surface area (Å²) in [6.07, 6.45) is 59.1. The Morgan fingerprint density at radius 2 is 0.385 bits per heavy atom. The molecule has 0 aromatic heterocycles. The van der Waals surface area contributed by atoms with Gasteiger partial charge < -0.3 is 14.2 Å². The van der Waals surface area contributed by atoms with Crippen LogP contribution in [0.1, 0.15) is 336 Å². The van der Waals surface area contributed by atoms with Crippen molar-refractivity contribution in [3.05, 3.63) is 0 Å². The van der Waals surface area contributed by atoms with Crippen molar-refractivity contribution in [1.82, 2.24) is 0 Å². The van der Waals surface area contributed by atoms with Crippen molar-refractivity contribution in [2.75, 3.05) is 19.8 Å². The lowest BCUT2D eigenvalue weighted by molar-refractivity contribution is -0.160. The van der Waals surface area contributed by atoms with Gasteiger partial charge in [0.1, 0.15) is 19.8 Å². The Hall–Kier alpha value is -1.59. The minimum Gasteiger partial charge on any atom is -0.465 e. The van der Waals surface area contributed by atoms with E-state index in [0.717, 1.165) is 57.8 Å². The van der Waals surface area contributed by atoms with Crippen LogP contribution in [0.15, 0.2) is 0 Å². The van der Waals surface area contributed by atoms with Gasteiger partial charge in [-0.05, 0) is 26.2 Å². The second-order valence-corrected chi connectivity index (χ2v) is 20.9. The fraction of sp³-hybridized carbons (Fsp3) is 0.949. The summed E-state index contributed by atoms with van der Waals surface area (Å²) < 4.78 is 17.3. The van der Waals surface area contributed by atoms with Gasteiger partial charge in [0.25, 0.3) is 0 Å². The van der Waals surface area contributed by atoms with Gasteiger partial charge in [-0.3, -0.25) is 14.4 Å². The van der Waals surface area contributed by atoms with Crippen LogP contribution in [0.25, 0.3) is 0 Å². The van der Waals surface area contributed by atoms with E-state index in [-0.39, 0.29) is 37.7 Å². The zero-order valence-electron chi connectivity index (χ0n) is 44.5. The molecule has 0 heterocycles. The molecule has 0 aromatic carbocycles. The van der Waals surface area contributed by atoms with Crippen LogP contribution in [-0.2, 0) is 28.6 Å². The molecule has 65 heavy (non-hydrogen) atoms. The van der Waals surface area contributed by atoms with Gasteiger partial charge in [0.15, 0.2) is 0 Å². The number of unbranched alkanes of at least 4 members (excludes halogenated alkanes) is 42. The van der Waals surface area contributed by atoms with Crippen molar-refractivity contribution in [3.63, 3.8) is 0 Å². The van der Waals surface area contributed by atoms with Crippen molar-refractivity contribution in [2.24, 2.45) is 5.41 Å². The first-order valence-electron chi connectivity index (χ1n) is 29.3. The highest BCUT2D eigenvalue weighted by Crippen LogP contribution is 2.22. The van der Waals surface area contributed by atoms with E-state index in [0.29, 0.717) is 19.3 Å². The minimum absolute atomic E-state index is 0.0725. The molecule has 0 amide bonds. The number of hydrogen-bond acceptors (Lipinski definition) is 6. The molecule has 0 unspecified atom stereocenters. The Kier molecular flexibility index (Phi) is 50.5. The van der Waals surface area contributed by atoms with Crippen LogP contribution >= 0.6 is 0 Å². The summed E-state index contributed by atoms with van der Waals surface area (Å²) >= 11 is 0. The predicted octanol–water partition coefficient (Wildman–Crippen LogP) is 19.4. The van der Waals surface area contributed by atoms with Gasteiger partial charge in [0.2, 0.25) is 0 Å². The van der Waals surface area contributed by atoms with Gasteiger partial charge in [-0.25, -0.2) is 0 Å². The fourth-order valence-electron chi connectivity index (χ4n) is 9.03. The lowest BCUT2D eigenvalue weighted by Gasteiger charge is -2.28. The molecule has 6 nitrogen and oxygen atoms in total. The molecular formula is C59H114O6. The van der Waals surface area contributed by atoms with Gasteiger partial charge in [0.05, 0.1) is 5.41 Å². The molecule has 0 N–H and O–H groups in total. The Labute approximate surface area is 406 Å². The highest BCUT2D eigenvalue weighted by molar-refractivity contribution is 5.70. The zero-order chi connectivity index (χ0) is 47.4. The van der Waals surface area contributed by atoms with Crippen molar-refractivity contribution < 1.29 is 28.6 Å². The van der Waals surface area contributed by atoms with Crippen molar-refractivity contribution in [2.45, 2.75) is 336 Å². The van der Waals surface area contributed by atoms with Crippen molar-refractivity contribution in [3.8, 4) is 0 Å². The van der Waals surface area contributed by atoms with E-state index < -0.39 is 5.41 Å². The fourth-order valence-corrected chi connectivity index (χ4v) is 9.03. The summed E-state index contributed by atoms with van der Waals surface area (Å²) in [4.78, 5) is 38.4. The molecule has 0 saturated carbocycles. The first-order chi connectivity index (χ1) is 31.9.